The van der Waals surface area contributed by atoms with E-state index in [1.54, 1.807) is 16.9 Å². The van der Waals surface area contributed by atoms with Crippen LogP contribution in [0.2, 0.25) is 0 Å². The smallest absolute Gasteiger partial charge is 0.162 e. The number of nitrogens with zero attached hydrogens (tertiary/aromatic N) is 3. The van der Waals surface area contributed by atoms with Crippen molar-refractivity contribution in [3.63, 3.8) is 0 Å². The molecule has 0 aliphatic carbocycles. The minimum atomic E-state index is 0.642. The Morgan fingerprint density at radius 2 is 2.43 bits per heavy atom. The van der Waals surface area contributed by atoms with Crippen molar-refractivity contribution in [2.75, 3.05) is 5.88 Å². The first-order valence-corrected chi connectivity index (χ1v) is 4.96. The molecule has 2 aromatic rings. The van der Waals surface area contributed by atoms with Gasteiger partial charge in [-0.2, -0.15) is 5.10 Å². The van der Waals surface area contributed by atoms with Crippen molar-refractivity contribution in [2.45, 2.75) is 6.42 Å². The van der Waals surface area contributed by atoms with Gasteiger partial charge in [-0.15, -0.1) is 11.6 Å². The summed E-state index contributed by atoms with van der Waals surface area (Å²) in [5, 5.41) is 4.17. The number of hydrogen-bond donors (Lipinski definition) is 0. The highest BCUT2D eigenvalue weighted by Crippen LogP contribution is 2.09. The zero-order valence-electron chi connectivity index (χ0n) is 7.60. The summed E-state index contributed by atoms with van der Waals surface area (Å²) in [6.45, 7) is 0. The Bertz CT molecular complexity index is 447. The predicted octanol–water partition coefficient (Wildman–Crippen LogP) is 2.37. The number of hydrogen-bond acceptors (Lipinski definition) is 2. The summed E-state index contributed by atoms with van der Waals surface area (Å²) in [4.78, 5) is 4.24. The molecule has 4 heteroatoms. The second-order valence-electron chi connectivity index (χ2n) is 2.87. The first-order chi connectivity index (χ1) is 6.92. The third kappa shape index (κ3) is 1.77. The van der Waals surface area contributed by atoms with Gasteiger partial charge in [0.2, 0.25) is 0 Å². The van der Waals surface area contributed by atoms with Gasteiger partial charge < -0.3 is 0 Å². The summed E-state index contributed by atoms with van der Waals surface area (Å²) in [7, 11) is 0. The predicted molar refractivity (Wildman–Crippen MR) is 57.4 cm³/mol. The van der Waals surface area contributed by atoms with Crippen LogP contribution in [0, 0.1) is 0 Å². The molecular formula is C10H10ClN3. The maximum absolute atomic E-state index is 5.57. The molecule has 0 fully saturated rings. The lowest BCUT2D eigenvalue weighted by molar-refractivity contribution is 0.939. The van der Waals surface area contributed by atoms with Gasteiger partial charge in [-0.3, -0.25) is 0 Å². The third-order valence-electron chi connectivity index (χ3n) is 1.88. The van der Waals surface area contributed by atoms with Crippen molar-refractivity contribution in [3.05, 3.63) is 36.3 Å². The van der Waals surface area contributed by atoms with Crippen LogP contribution in [0.25, 0.3) is 11.7 Å². The van der Waals surface area contributed by atoms with E-state index >= 15 is 0 Å². The molecule has 0 atom stereocenters. The molecule has 2 heterocycles. The second kappa shape index (κ2) is 4.24. The van der Waals surface area contributed by atoms with Crippen LogP contribution in [0.15, 0.2) is 30.7 Å². The molecule has 2 rings (SSSR count). The Kier molecular flexibility index (Phi) is 2.79. The lowest BCUT2D eigenvalue weighted by Crippen LogP contribution is -1.86. The van der Waals surface area contributed by atoms with E-state index in [0.717, 1.165) is 17.6 Å². The minimum absolute atomic E-state index is 0.642. The Morgan fingerprint density at radius 1 is 1.50 bits per heavy atom. The maximum atomic E-state index is 5.57. The minimum Gasteiger partial charge on any atom is -0.236 e. The first-order valence-electron chi connectivity index (χ1n) is 4.42. The zero-order valence-corrected chi connectivity index (χ0v) is 8.35. The average Bonchev–Trinajstić information content (AvgIpc) is 2.63. The standard InChI is InChI=1S/C10H10ClN3/c11-5-2-1-4-9-8-13-14-7-3-6-12-10(9)14/h1,3-4,6-8H,2,5H2. The van der Waals surface area contributed by atoms with Crippen LogP contribution in [0.5, 0.6) is 0 Å². The number of alkyl halides is 1. The number of fused-ring (bicyclic) bond motifs is 1. The van der Waals surface area contributed by atoms with Gasteiger partial charge in [-0.25, -0.2) is 9.50 Å². The van der Waals surface area contributed by atoms with Crippen molar-refractivity contribution in [3.8, 4) is 0 Å². The highest BCUT2D eigenvalue weighted by molar-refractivity contribution is 6.17. The summed E-state index contributed by atoms with van der Waals surface area (Å²) in [5.74, 6) is 0.642. The Balaban J connectivity index is 2.34. The maximum Gasteiger partial charge on any atom is 0.162 e. The van der Waals surface area contributed by atoms with Crippen molar-refractivity contribution < 1.29 is 0 Å². The van der Waals surface area contributed by atoms with Crippen molar-refractivity contribution in [1.29, 1.82) is 0 Å². The van der Waals surface area contributed by atoms with Crippen LogP contribution in [-0.4, -0.2) is 20.5 Å². The van der Waals surface area contributed by atoms with E-state index in [-0.39, 0.29) is 0 Å². The van der Waals surface area contributed by atoms with Crippen LogP contribution in [0.4, 0.5) is 0 Å². The number of halogens is 1. The Labute approximate surface area is 87.0 Å². The topological polar surface area (TPSA) is 30.2 Å². The molecule has 0 unspecified atom stereocenters. The van der Waals surface area contributed by atoms with Gasteiger partial charge in [0.25, 0.3) is 0 Å². The Hall–Kier alpha value is -1.35. The van der Waals surface area contributed by atoms with Crippen molar-refractivity contribution >= 4 is 23.3 Å². The molecular weight excluding hydrogens is 198 g/mol. The summed E-state index contributed by atoms with van der Waals surface area (Å²) in [6, 6.07) is 1.85. The van der Waals surface area contributed by atoms with E-state index in [0.29, 0.717) is 5.88 Å². The third-order valence-corrected chi connectivity index (χ3v) is 2.10. The number of rotatable bonds is 3. The lowest BCUT2D eigenvalue weighted by atomic mass is 10.3. The highest BCUT2D eigenvalue weighted by Gasteiger charge is 1.99. The fourth-order valence-corrected chi connectivity index (χ4v) is 1.36. The van der Waals surface area contributed by atoms with Gasteiger partial charge in [-0.05, 0) is 12.5 Å². The molecule has 0 saturated heterocycles. The number of aromatic nitrogens is 3. The first kappa shape index (κ1) is 9.21. The fraction of sp³-hybridized carbons (Fsp3) is 0.200. The fourth-order valence-electron chi connectivity index (χ4n) is 1.24. The van der Waals surface area contributed by atoms with E-state index in [1.165, 1.54) is 0 Å². The summed E-state index contributed by atoms with van der Waals surface area (Å²) in [5.41, 5.74) is 1.90. The van der Waals surface area contributed by atoms with E-state index in [4.69, 9.17) is 11.6 Å². The largest absolute Gasteiger partial charge is 0.236 e. The molecule has 0 saturated carbocycles. The normalized spacial score (nSPS) is 11.5. The summed E-state index contributed by atoms with van der Waals surface area (Å²) >= 11 is 5.57. The molecule has 0 amide bonds. The van der Waals surface area contributed by atoms with Gasteiger partial charge in [0.05, 0.1) is 6.20 Å². The van der Waals surface area contributed by atoms with Gasteiger partial charge in [-0.1, -0.05) is 12.2 Å². The van der Waals surface area contributed by atoms with Crippen LogP contribution in [0.1, 0.15) is 12.0 Å². The van der Waals surface area contributed by atoms with Crippen LogP contribution in [-0.2, 0) is 0 Å². The van der Waals surface area contributed by atoms with Crippen LogP contribution in [0.3, 0.4) is 0 Å². The molecule has 0 radical (unpaired) electrons. The van der Waals surface area contributed by atoms with E-state index in [9.17, 15) is 0 Å². The molecule has 72 valence electrons. The van der Waals surface area contributed by atoms with Gasteiger partial charge in [0.15, 0.2) is 5.65 Å². The van der Waals surface area contributed by atoms with E-state index in [1.807, 2.05) is 24.4 Å². The molecule has 2 aromatic heterocycles. The molecule has 3 nitrogen and oxygen atoms in total. The quantitative estimate of drug-likeness (QED) is 0.724. The molecule has 0 aromatic carbocycles. The van der Waals surface area contributed by atoms with Crippen LogP contribution < -0.4 is 0 Å². The molecule has 0 N–H and O–H groups in total. The highest BCUT2D eigenvalue weighted by atomic mass is 35.5. The van der Waals surface area contributed by atoms with E-state index in [2.05, 4.69) is 10.1 Å². The SMILES string of the molecule is ClCCC=Cc1cnn2cccnc12. The molecule has 0 bridgehead atoms. The van der Waals surface area contributed by atoms with Gasteiger partial charge in [0.1, 0.15) is 0 Å². The molecule has 0 aliphatic heterocycles. The van der Waals surface area contributed by atoms with Gasteiger partial charge in [0, 0.05) is 23.8 Å². The van der Waals surface area contributed by atoms with Gasteiger partial charge >= 0.3 is 0 Å². The number of allylic oxidation sites excluding steroid dienone is 1. The Morgan fingerprint density at radius 3 is 3.29 bits per heavy atom. The summed E-state index contributed by atoms with van der Waals surface area (Å²) in [6.07, 6.45) is 10.3. The summed E-state index contributed by atoms with van der Waals surface area (Å²) < 4.78 is 1.75. The van der Waals surface area contributed by atoms with Crippen molar-refractivity contribution in [2.24, 2.45) is 0 Å². The molecule has 14 heavy (non-hydrogen) atoms. The second-order valence-corrected chi connectivity index (χ2v) is 3.25. The molecule has 0 aliphatic rings. The molecule has 0 spiro atoms. The van der Waals surface area contributed by atoms with Crippen LogP contribution >= 0.6 is 11.6 Å². The lowest BCUT2D eigenvalue weighted by Gasteiger charge is -1.90. The van der Waals surface area contributed by atoms with Crippen molar-refractivity contribution in [1.82, 2.24) is 14.6 Å². The van der Waals surface area contributed by atoms with E-state index < -0.39 is 0 Å². The monoisotopic (exact) mass is 207 g/mol. The average molecular weight is 208 g/mol. The zero-order chi connectivity index (χ0) is 9.80.